The summed E-state index contributed by atoms with van der Waals surface area (Å²) in [5, 5.41) is 23.3. The maximum Gasteiger partial charge on any atom is 0.488 e. The predicted octanol–water partition coefficient (Wildman–Crippen LogP) is 9.21. The van der Waals surface area contributed by atoms with Crippen molar-refractivity contribution in [2.75, 3.05) is 0 Å². The van der Waals surface area contributed by atoms with Gasteiger partial charge < -0.3 is 20.0 Å². The molecule has 7 heteroatoms. The van der Waals surface area contributed by atoms with E-state index in [0.717, 1.165) is 26.6 Å². The van der Waals surface area contributed by atoms with Gasteiger partial charge in [0, 0.05) is 48.1 Å². The van der Waals surface area contributed by atoms with Crippen molar-refractivity contribution in [3.8, 4) is 22.3 Å². The number of aromatic amines is 2. The third kappa shape index (κ3) is 5.90. The number of halogens is 2. The van der Waals surface area contributed by atoms with Crippen LogP contribution in [0.1, 0.15) is 7.43 Å². The van der Waals surface area contributed by atoms with Crippen molar-refractivity contribution in [3.63, 3.8) is 0 Å². The topological polar surface area (TPSA) is 72.0 Å². The molecule has 44 heavy (non-hydrogen) atoms. The molecule has 0 saturated carbocycles. The monoisotopic (exact) mass is 644 g/mol. The number of aromatic nitrogens is 2. The normalized spacial score (nSPS) is 10.7. The van der Waals surface area contributed by atoms with Gasteiger partial charge in [-0.2, -0.15) is 0 Å². The zero-order valence-electron chi connectivity index (χ0n) is 23.0. The van der Waals surface area contributed by atoms with Crippen LogP contribution in [0.4, 0.5) is 4.70 Å². The van der Waals surface area contributed by atoms with Crippen molar-refractivity contribution >= 4 is 72.1 Å². The van der Waals surface area contributed by atoms with Gasteiger partial charge in [-0.1, -0.05) is 108 Å². The first kappa shape index (κ1) is 30.8. The number of hydrogen-bond donors (Lipinski definition) is 4. The summed E-state index contributed by atoms with van der Waals surface area (Å²) in [6.45, 7) is 0. The van der Waals surface area contributed by atoms with Crippen LogP contribution in [0.2, 0.25) is 0 Å². The number of hydrogen-bond acceptors (Lipinski definition) is 2. The molecule has 8 rings (SSSR count). The van der Waals surface area contributed by atoms with Crippen LogP contribution in [-0.2, 0) is 0 Å². The van der Waals surface area contributed by atoms with Crippen molar-refractivity contribution in [1.29, 1.82) is 0 Å². The zero-order valence-corrected chi connectivity index (χ0v) is 24.5. The van der Waals surface area contributed by atoms with E-state index < -0.39 is 7.12 Å². The summed E-state index contributed by atoms with van der Waals surface area (Å²) in [5.41, 5.74) is 9.77. The van der Waals surface area contributed by atoms with Gasteiger partial charge in [-0.15, -0.1) is 0 Å². The molecule has 0 unspecified atom stereocenters. The molecule has 0 radical (unpaired) electrons. The minimum atomic E-state index is -1.43. The highest BCUT2D eigenvalue weighted by molar-refractivity contribution is 9.10. The lowest BCUT2D eigenvalue weighted by Crippen LogP contribution is -2.29. The molecule has 0 atom stereocenters. The summed E-state index contributed by atoms with van der Waals surface area (Å²) in [4.78, 5) is 6.87. The van der Waals surface area contributed by atoms with Gasteiger partial charge in [0.05, 0.1) is 0 Å². The minimum Gasteiger partial charge on any atom is -0.423 e. The Labute approximate surface area is 263 Å². The third-order valence-electron chi connectivity index (χ3n) is 7.73. The summed E-state index contributed by atoms with van der Waals surface area (Å²) in [6, 6.07) is 45.3. The Kier molecular flexibility index (Phi) is 9.02. The fraction of sp³-hybridized carbons (Fsp3) is 0.0270. The first-order valence-corrected chi connectivity index (χ1v) is 14.6. The first-order valence-electron chi connectivity index (χ1n) is 13.8. The van der Waals surface area contributed by atoms with Gasteiger partial charge in [0.15, 0.2) is 0 Å². The van der Waals surface area contributed by atoms with Crippen molar-refractivity contribution in [1.82, 2.24) is 9.97 Å². The molecule has 0 aliphatic heterocycles. The standard InChI is InChI=1S/C18H14BNO2.C18H12BrN.CH4.FH/c21-19(22)14-8-5-12(6-9-14)13-7-10-18-16(11-13)15-3-1-2-4-17(15)20-18;19-14-8-5-12(6-9-14)13-7-10-18-16(11-13)15-3-1-2-4-17(15)20-18;;/h1-11,20-22H;1-11,20H;1H4;1H. The van der Waals surface area contributed by atoms with Crippen LogP contribution in [0.3, 0.4) is 0 Å². The molecule has 218 valence electrons. The molecule has 2 heterocycles. The van der Waals surface area contributed by atoms with Crippen molar-refractivity contribution in [3.05, 3.63) is 138 Å². The molecule has 2 aromatic heterocycles. The van der Waals surface area contributed by atoms with Crippen molar-refractivity contribution in [2.24, 2.45) is 0 Å². The highest BCUT2D eigenvalue weighted by atomic mass is 79.9. The molecule has 4 N–H and O–H groups in total. The first-order chi connectivity index (χ1) is 20.5. The third-order valence-corrected chi connectivity index (χ3v) is 8.26. The predicted molar refractivity (Wildman–Crippen MR) is 189 cm³/mol. The molecule has 0 saturated heterocycles. The maximum absolute atomic E-state index is 9.17. The highest BCUT2D eigenvalue weighted by Gasteiger charge is 2.11. The molecular weight excluding hydrogens is 614 g/mol. The van der Waals surface area contributed by atoms with Gasteiger partial charge in [-0.25, -0.2) is 0 Å². The van der Waals surface area contributed by atoms with Crippen LogP contribution in [0, 0.1) is 0 Å². The summed E-state index contributed by atoms with van der Waals surface area (Å²) in [6.07, 6.45) is 0. The van der Waals surface area contributed by atoms with Crippen molar-refractivity contribution < 1.29 is 14.8 Å². The molecule has 0 aliphatic carbocycles. The van der Waals surface area contributed by atoms with Gasteiger partial charge >= 0.3 is 7.12 Å². The molecule has 0 amide bonds. The number of H-pyrrole nitrogens is 2. The molecule has 0 bridgehead atoms. The molecule has 0 spiro atoms. The van der Waals surface area contributed by atoms with Crippen LogP contribution < -0.4 is 5.46 Å². The van der Waals surface area contributed by atoms with Crippen LogP contribution in [0.25, 0.3) is 65.9 Å². The maximum atomic E-state index is 9.17. The average molecular weight is 645 g/mol. The van der Waals surface area contributed by atoms with E-state index in [1.54, 1.807) is 12.1 Å². The lowest BCUT2D eigenvalue weighted by atomic mass is 9.80. The largest absolute Gasteiger partial charge is 0.488 e. The minimum absolute atomic E-state index is 0. The second-order valence-electron chi connectivity index (χ2n) is 10.4. The lowest BCUT2D eigenvalue weighted by molar-refractivity contribution is 0.426. The van der Waals surface area contributed by atoms with Crippen LogP contribution in [-0.4, -0.2) is 27.1 Å². The Morgan fingerprint density at radius 2 is 0.841 bits per heavy atom. The second kappa shape index (κ2) is 12.9. The molecular formula is C37H31BBrFN2O2. The van der Waals surface area contributed by atoms with E-state index in [1.807, 2.05) is 24.3 Å². The Bertz CT molecular complexity index is 2190. The van der Waals surface area contributed by atoms with Gasteiger partial charge in [0.25, 0.3) is 0 Å². The summed E-state index contributed by atoms with van der Waals surface area (Å²) < 4.78 is 1.11. The van der Waals surface area contributed by atoms with Crippen molar-refractivity contribution in [2.45, 2.75) is 7.43 Å². The second-order valence-corrected chi connectivity index (χ2v) is 11.3. The van der Waals surface area contributed by atoms with E-state index in [-0.39, 0.29) is 12.1 Å². The molecule has 0 fully saturated rings. The van der Waals surface area contributed by atoms with Crippen LogP contribution >= 0.6 is 15.9 Å². The van der Waals surface area contributed by atoms with E-state index in [1.165, 1.54) is 43.7 Å². The van der Waals surface area contributed by atoms with Gasteiger partial charge in [-0.05, 0) is 76.2 Å². The van der Waals surface area contributed by atoms with Crippen LogP contribution in [0.5, 0.6) is 0 Å². The van der Waals surface area contributed by atoms with Gasteiger partial charge in [-0.3, -0.25) is 4.70 Å². The fourth-order valence-corrected chi connectivity index (χ4v) is 5.81. The average Bonchev–Trinajstić information content (AvgIpc) is 3.59. The lowest BCUT2D eigenvalue weighted by Gasteiger charge is -2.04. The SMILES string of the molecule is Brc1ccc(-c2ccc3[nH]c4ccccc4c3c2)cc1.C.F.OB(O)c1ccc(-c2ccc3[nH]c4ccccc4c3c2)cc1. The zero-order chi connectivity index (χ0) is 28.6. The molecule has 0 aliphatic rings. The number of rotatable bonds is 3. The highest BCUT2D eigenvalue weighted by Crippen LogP contribution is 2.31. The Balaban J connectivity index is 0.000000168. The number of benzene rings is 6. The summed E-state index contributed by atoms with van der Waals surface area (Å²) >= 11 is 3.48. The van der Waals surface area contributed by atoms with E-state index in [2.05, 4.69) is 123 Å². The number of nitrogens with one attached hydrogen (secondary N) is 2. The molecule has 4 nitrogen and oxygen atoms in total. The Hall–Kier alpha value is -4.69. The smallest absolute Gasteiger partial charge is 0.423 e. The van der Waals surface area contributed by atoms with E-state index >= 15 is 0 Å². The number of fused-ring (bicyclic) bond motifs is 6. The van der Waals surface area contributed by atoms with E-state index in [0.29, 0.717) is 5.46 Å². The molecule has 6 aromatic carbocycles. The molecule has 8 aromatic rings. The van der Waals surface area contributed by atoms with Gasteiger partial charge in [0.2, 0.25) is 0 Å². The Morgan fingerprint density at radius 3 is 1.30 bits per heavy atom. The number of para-hydroxylation sites is 2. The van der Waals surface area contributed by atoms with Gasteiger partial charge in [0.1, 0.15) is 0 Å². The van der Waals surface area contributed by atoms with E-state index in [4.69, 9.17) is 10.0 Å². The summed E-state index contributed by atoms with van der Waals surface area (Å²) in [5.74, 6) is 0. The quantitative estimate of drug-likeness (QED) is 0.145. The fourth-order valence-electron chi connectivity index (χ4n) is 5.55. The van der Waals surface area contributed by atoms with Crippen LogP contribution in [0.15, 0.2) is 138 Å². The Morgan fingerprint density at radius 1 is 0.455 bits per heavy atom. The summed E-state index contributed by atoms with van der Waals surface area (Å²) in [7, 11) is -1.43. The van der Waals surface area contributed by atoms with E-state index in [9.17, 15) is 0 Å².